The first kappa shape index (κ1) is 20.2. The van der Waals surface area contributed by atoms with Gasteiger partial charge < -0.3 is 9.64 Å². The predicted octanol–water partition coefficient (Wildman–Crippen LogP) is 3.15. The Morgan fingerprint density at radius 3 is 2.61 bits per heavy atom. The van der Waals surface area contributed by atoms with E-state index in [0.717, 1.165) is 12.8 Å². The minimum Gasteiger partial charge on any atom is -0.497 e. The van der Waals surface area contributed by atoms with Gasteiger partial charge in [0.1, 0.15) is 12.3 Å². The Bertz CT molecular complexity index is 915. The van der Waals surface area contributed by atoms with Gasteiger partial charge in [-0.2, -0.15) is 0 Å². The number of methoxy groups -OCH3 is 1. The predicted molar refractivity (Wildman–Crippen MR) is 109 cm³/mol. The molecule has 1 atom stereocenters. The van der Waals surface area contributed by atoms with Crippen molar-refractivity contribution in [3.05, 3.63) is 54.6 Å². The minimum atomic E-state index is -3.90. The fraction of sp³-hybridized carbons (Fsp3) is 0.381. The summed E-state index contributed by atoms with van der Waals surface area (Å²) in [5.41, 5.74) is 0.404. The van der Waals surface area contributed by atoms with Crippen LogP contribution in [-0.2, 0) is 14.8 Å². The lowest BCUT2D eigenvalue weighted by molar-refractivity contribution is -0.131. The van der Waals surface area contributed by atoms with Crippen molar-refractivity contribution < 1.29 is 17.9 Å². The summed E-state index contributed by atoms with van der Waals surface area (Å²) in [6.45, 7) is 3.20. The molecular weight excluding hydrogens is 376 g/mol. The van der Waals surface area contributed by atoms with E-state index in [1.807, 2.05) is 0 Å². The molecule has 2 aromatic carbocycles. The number of sulfonamides is 1. The number of carbonyl (C=O) groups is 1. The molecule has 1 aliphatic rings. The van der Waals surface area contributed by atoms with E-state index in [-0.39, 0.29) is 17.3 Å². The first-order chi connectivity index (χ1) is 13.4. The molecule has 150 valence electrons. The first-order valence-electron chi connectivity index (χ1n) is 9.41. The van der Waals surface area contributed by atoms with E-state index in [1.54, 1.807) is 47.4 Å². The zero-order chi connectivity index (χ0) is 20.1. The molecule has 3 rings (SSSR count). The third-order valence-electron chi connectivity index (χ3n) is 4.96. The van der Waals surface area contributed by atoms with Crippen molar-refractivity contribution in [3.63, 3.8) is 0 Å². The van der Waals surface area contributed by atoms with Crippen molar-refractivity contribution >= 4 is 21.6 Å². The summed E-state index contributed by atoms with van der Waals surface area (Å²) in [6, 6.07) is 14.9. The number of benzene rings is 2. The van der Waals surface area contributed by atoms with Crippen LogP contribution in [0.25, 0.3) is 0 Å². The summed E-state index contributed by atoms with van der Waals surface area (Å²) >= 11 is 0. The molecule has 0 saturated carbocycles. The average molecular weight is 403 g/mol. The smallest absolute Gasteiger partial charge is 0.264 e. The van der Waals surface area contributed by atoms with Gasteiger partial charge in [0.2, 0.25) is 5.91 Å². The monoisotopic (exact) mass is 402 g/mol. The number of hydrogen-bond acceptors (Lipinski definition) is 4. The maximum absolute atomic E-state index is 13.3. The average Bonchev–Trinajstić information content (AvgIpc) is 2.72. The topological polar surface area (TPSA) is 66.9 Å². The number of ether oxygens (including phenoxy) is 1. The van der Waals surface area contributed by atoms with Crippen LogP contribution in [0.5, 0.6) is 5.75 Å². The van der Waals surface area contributed by atoms with Crippen molar-refractivity contribution in [2.24, 2.45) is 5.92 Å². The molecule has 28 heavy (non-hydrogen) atoms. The molecule has 1 heterocycles. The molecule has 0 aliphatic carbocycles. The molecule has 0 bridgehead atoms. The molecule has 1 aliphatic heterocycles. The van der Waals surface area contributed by atoms with Gasteiger partial charge in [-0.25, -0.2) is 8.42 Å². The quantitative estimate of drug-likeness (QED) is 0.744. The number of carbonyl (C=O) groups excluding carboxylic acids is 1. The van der Waals surface area contributed by atoms with Gasteiger partial charge in [0.25, 0.3) is 10.0 Å². The second-order valence-electron chi connectivity index (χ2n) is 7.11. The van der Waals surface area contributed by atoms with Crippen molar-refractivity contribution in [1.29, 1.82) is 0 Å². The normalized spacial score (nSPS) is 17.2. The van der Waals surface area contributed by atoms with Gasteiger partial charge >= 0.3 is 0 Å². The summed E-state index contributed by atoms with van der Waals surface area (Å²) in [4.78, 5) is 14.9. The molecule has 0 radical (unpaired) electrons. The Labute approximate surface area is 166 Å². The van der Waals surface area contributed by atoms with E-state index >= 15 is 0 Å². The highest BCUT2D eigenvalue weighted by atomic mass is 32.2. The molecule has 1 amide bonds. The molecular formula is C21H26N2O4S. The van der Waals surface area contributed by atoms with E-state index in [0.29, 0.717) is 30.4 Å². The summed E-state index contributed by atoms with van der Waals surface area (Å²) < 4.78 is 33.1. The van der Waals surface area contributed by atoms with Gasteiger partial charge in [-0.05, 0) is 43.0 Å². The lowest BCUT2D eigenvalue weighted by atomic mass is 10.0. The second kappa shape index (κ2) is 8.65. The van der Waals surface area contributed by atoms with Crippen LogP contribution >= 0.6 is 0 Å². The molecule has 1 fully saturated rings. The van der Waals surface area contributed by atoms with E-state index in [2.05, 4.69) is 6.92 Å². The van der Waals surface area contributed by atoms with Gasteiger partial charge in [-0.1, -0.05) is 31.2 Å². The number of anilines is 1. The number of likely N-dealkylation sites (tertiary alicyclic amines) is 1. The van der Waals surface area contributed by atoms with Crippen LogP contribution in [0.4, 0.5) is 5.69 Å². The molecule has 0 N–H and O–H groups in total. The Hall–Kier alpha value is -2.54. The van der Waals surface area contributed by atoms with Gasteiger partial charge in [0, 0.05) is 19.2 Å². The highest BCUT2D eigenvalue weighted by Gasteiger charge is 2.30. The van der Waals surface area contributed by atoms with Gasteiger partial charge in [-0.3, -0.25) is 9.10 Å². The zero-order valence-corrected chi connectivity index (χ0v) is 17.1. The lowest BCUT2D eigenvalue weighted by Crippen LogP contribution is -2.46. The number of amides is 1. The molecule has 7 heteroatoms. The summed E-state index contributed by atoms with van der Waals surface area (Å²) in [5.74, 6) is 0.771. The van der Waals surface area contributed by atoms with E-state index in [9.17, 15) is 13.2 Å². The molecule has 6 nitrogen and oxygen atoms in total. The summed E-state index contributed by atoms with van der Waals surface area (Å²) in [5, 5.41) is 0. The SMILES string of the molecule is COc1cccc(N(CC(=O)N2CCC[C@@H](C)C2)S(=O)(=O)c2ccccc2)c1. The third kappa shape index (κ3) is 4.47. The second-order valence-corrected chi connectivity index (χ2v) is 8.98. The van der Waals surface area contributed by atoms with Crippen LogP contribution in [0.2, 0.25) is 0 Å². The van der Waals surface area contributed by atoms with E-state index in [1.165, 1.54) is 23.5 Å². The van der Waals surface area contributed by atoms with Crippen LogP contribution in [0.3, 0.4) is 0 Å². The van der Waals surface area contributed by atoms with Crippen LogP contribution in [-0.4, -0.2) is 46.0 Å². The number of hydrogen-bond donors (Lipinski definition) is 0. The lowest BCUT2D eigenvalue weighted by Gasteiger charge is -2.33. The van der Waals surface area contributed by atoms with Crippen LogP contribution in [0, 0.1) is 5.92 Å². The zero-order valence-electron chi connectivity index (χ0n) is 16.2. The summed E-state index contributed by atoms with van der Waals surface area (Å²) in [6.07, 6.45) is 2.03. The molecule has 1 saturated heterocycles. The summed E-state index contributed by atoms with van der Waals surface area (Å²) in [7, 11) is -2.37. The Kier molecular flexibility index (Phi) is 6.24. The van der Waals surface area contributed by atoms with Gasteiger partial charge in [0.15, 0.2) is 0 Å². The highest BCUT2D eigenvalue weighted by molar-refractivity contribution is 7.92. The Balaban J connectivity index is 1.96. The van der Waals surface area contributed by atoms with Crippen molar-refractivity contribution in [3.8, 4) is 5.75 Å². The molecule has 0 spiro atoms. The van der Waals surface area contributed by atoms with Gasteiger partial charge in [0.05, 0.1) is 17.7 Å². The van der Waals surface area contributed by atoms with E-state index < -0.39 is 10.0 Å². The maximum Gasteiger partial charge on any atom is 0.264 e. The number of rotatable bonds is 6. The van der Waals surface area contributed by atoms with Crippen molar-refractivity contribution in [2.75, 3.05) is 31.0 Å². The maximum atomic E-state index is 13.3. The van der Waals surface area contributed by atoms with Crippen molar-refractivity contribution in [2.45, 2.75) is 24.7 Å². The van der Waals surface area contributed by atoms with Crippen LogP contribution in [0.15, 0.2) is 59.5 Å². The third-order valence-corrected chi connectivity index (χ3v) is 6.75. The molecule has 2 aromatic rings. The number of nitrogens with zero attached hydrogens (tertiary/aromatic N) is 2. The first-order valence-corrected chi connectivity index (χ1v) is 10.9. The van der Waals surface area contributed by atoms with Gasteiger partial charge in [-0.15, -0.1) is 0 Å². The van der Waals surface area contributed by atoms with Crippen LogP contribution in [0.1, 0.15) is 19.8 Å². The molecule has 0 aromatic heterocycles. The Morgan fingerprint density at radius 2 is 1.93 bits per heavy atom. The fourth-order valence-corrected chi connectivity index (χ4v) is 4.87. The highest BCUT2D eigenvalue weighted by Crippen LogP contribution is 2.27. The largest absolute Gasteiger partial charge is 0.497 e. The fourth-order valence-electron chi connectivity index (χ4n) is 3.44. The number of piperidine rings is 1. The Morgan fingerprint density at radius 1 is 1.18 bits per heavy atom. The van der Waals surface area contributed by atoms with E-state index in [4.69, 9.17) is 4.74 Å². The molecule has 0 unspecified atom stereocenters. The standard InChI is InChI=1S/C21H26N2O4S/c1-17-8-7-13-22(15-17)21(24)16-23(18-9-6-10-19(14-18)27-2)28(25,26)20-11-4-3-5-12-20/h3-6,9-12,14,17H,7-8,13,15-16H2,1-2H3/t17-/m1/s1. The van der Waals surface area contributed by atoms with Crippen LogP contribution < -0.4 is 9.04 Å². The van der Waals surface area contributed by atoms with Crippen molar-refractivity contribution in [1.82, 2.24) is 4.90 Å². The minimum absolute atomic E-state index is 0.151.